The Hall–Kier alpha value is -1.44. The van der Waals surface area contributed by atoms with Gasteiger partial charge >= 0.3 is 0 Å². The van der Waals surface area contributed by atoms with Gasteiger partial charge in [-0.05, 0) is 6.92 Å². The summed E-state index contributed by atoms with van der Waals surface area (Å²) >= 11 is 1.48. The molecule has 2 rings (SSSR count). The van der Waals surface area contributed by atoms with Gasteiger partial charge in [0.2, 0.25) is 0 Å². The molecule has 2 aromatic rings. The third-order valence-corrected chi connectivity index (χ3v) is 3.19. The fourth-order valence-electron chi connectivity index (χ4n) is 1.34. The Balaban J connectivity index is 2.09. The molecule has 0 aliphatic heterocycles. The summed E-state index contributed by atoms with van der Waals surface area (Å²) in [7, 11) is 1.61. The smallest absolute Gasteiger partial charge is 0.268 e. The first kappa shape index (κ1) is 13.0. The Morgan fingerprint density at radius 2 is 2.39 bits per heavy atom. The summed E-state index contributed by atoms with van der Waals surface area (Å²) in [4.78, 5) is 5.11. The number of aromatic nitrogens is 2. The largest absolute Gasteiger partial charge is 0.496 e. The van der Waals surface area contributed by atoms with Crippen LogP contribution in [0, 0.1) is 0 Å². The van der Waals surface area contributed by atoms with Crippen molar-refractivity contribution in [3.63, 3.8) is 0 Å². The summed E-state index contributed by atoms with van der Waals surface area (Å²) in [5, 5.41) is 5.73. The molecule has 18 heavy (non-hydrogen) atoms. The molecule has 0 fully saturated rings. The van der Waals surface area contributed by atoms with Gasteiger partial charge < -0.3 is 19.7 Å². The minimum atomic E-state index is -0.371. The lowest BCUT2D eigenvalue weighted by Crippen LogP contribution is -2.18. The average molecular weight is 269 g/mol. The van der Waals surface area contributed by atoms with Gasteiger partial charge in [0.25, 0.3) is 5.89 Å². The van der Waals surface area contributed by atoms with Gasteiger partial charge in [-0.25, -0.2) is 0 Å². The SMILES string of the molecule is CCOCC(N)c1noc(-c2cc(OC)cs2)n1. The third-order valence-electron chi connectivity index (χ3n) is 2.30. The Morgan fingerprint density at radius 1 is 1.56 bits per heavy atom. The van der Waals surface area contributed by atoms with Crippen molar-refractivity contribution in [2.45, 2.75) is 13.0 Å². The van der Waals surface area contributed by atoms with Crippen LogP contribution in [0.3, 0.4) is 0 Å². The lowest BCUT2D eigenvalue weighted by molar-refractivity contribution is 0.130. The number of nitrogens with zero attached hydrogens (tertiary/aromatic N) is 2. The van der Waals surface area contributed by atoms with Gasteiger partial charge in [0.05, 0.1) is 24.6 Å². The lowest BCUT2D eigenvalue weighted by Gasteiger charge is -2.05. The van der Waals surface area contributed by atoms with Crippen molar-refractivity contribution in [2.75, 3.05) is 20.3 Å². The fourth-order valence-corrected chi connectivity index (χ4v) is 2.12. The molecule has 7 heteroatoms. The van der Waals surface area contributed by atoms with E-state index in [0.29, 0.717) is 24.9 Å². The molecule has 2 aromatic heterocycles. The second-order valence-electron chi connectivity index (χ2n) is 3.57. The zero-order valence-corrected chi connectivity index (χ0v) is 11.1. The van der Waals surface area contributed by atoms with E-state index in [1.165, 1.54) is 11.3 Å². The Bertz CT molecular complexity index is 497. The van der Waals surface area contributed by atoms with E-state index >= 15 is 0 Å². The topological polar surface area (TPSA) is 83.4 Å². The van der Waals surface area contributed by atoms with Crippen LogP contribution >= 0.6 is 11.3 Å². The van der Waals surface area contributed by atoms with Crippen LogP contribution in [0.5, 0.6) is 5.75 Å². The molecule has 98 valence electrons. The molecule has 0 aliphatic rings. The van der Waals surface area contributed by atoms with Gasteiger partial charge in [-0.15, -0.1) is 11.3 Å². The van der Waals surface area contributed by atoms with Crippen LogP contribution in [-0.2, 0) is 4.74 Å². The predicted octanol–water partition coefficient (Wildman–Crippen LogP) is 1.84. The second kappa shape index (κ2) is 5.94. The zero-order valence-electron chi connectivity index (χ0n) is 10.3. The molecule has 0 aliphatic carbocycles. The number of methoxy groups -OCH3 is 1. The Labute approximate surface area is 109 Å². The highest BCUT2D eigenvalue weighted by Gasteiger charge is 2.16. The maximum Gasteiger partial charge on any atom is 0.268 e. The monoisotopic (exact) mass is 269 g/mol. The summed E-state index contributed by atoms with van der Waals surface area (Å²) < 4.78 is 15.5. The summed E-state index contributed by atoms with van der Waals surface area (Å²) in [6.07, 6.45) is 0. The van der Waals surface area contributed by atoms with Crippen molar-refractivity contribution >= 4 is 11.3 Å². The van der Waals surface area contributed by atoms with Crippen molar-refractivity contribution in [2.24, 2.45) is 5.73 Å². The number of ether oxygens (including phenoxy) is 2. The molecule has 2 N–H and O–H groups in total. The Morgan fingerprint density at radius 3 is 3.06 bits per heavy atom. The Kier molecular flexibility index (Phi) is 4.29. The normalized spacial score (nSPS) is 12.6. The summed E-state index contributed by atoms with van der Waals surface area (Å²) in [6.45, 7) is 2.90. The highest BCUT2D eigenvalue weighted by molar-refractivity contribution is 7.13. The number of rotatable bonds is 6. The van der Waals surface area contributed by atoms with Crippen LogP contribution in [-0.4, -0.2) is 30.5 Å². The van der Waals surface area contributed by atoms with Crippen LogP contribution in [0.2, 0.25) is 0 Å². The predicted molar refractivity (Wildman–Crippen MR) is 67.6 cm³/mol. The number of hydrogen-bond donors (Lipinski definition) is 1. The minimum Gasteiger partial charge on any atom is -0.496 e. The van der Waals surface area contributed by atoms with Gasteiger partial charge in [0, 0.05) is 18.1 Å². The molecule has 0 amide bonds. The molecule has 1 atom stereocenters. The molecule has 0 aromatic carbocycles. The van der Waals surface area contributed by atoms with Crippen molar-refractivity contribution in [1.29, 1.82) is 0 Å². The van der Waals surface area contributed by atoms with Crippen LogP contribution in [0.25, 0.3) is 10.8 Å². The van der Waals surface area contributed by atoms with E-state index < -0.39 is 0 Å². The van der Waals surface area contributed by atoms with Crippen LogP contribution < -0.4 is 10.5 Å². The highest BCUT2D eigenvalue weighted by Crippen LogP contribution is 2.30. The van der Waals surface area contributed by atoms with Crippen molar-refractivity contribution in [1.82, 2.24) is 10.1 Å². The van der Waals surface area contributed by atoms with Gasteiger partial charge in [-0.3, -0.25) is 0 Å². The highest BCUT2D eigenvalue weighted by atomic mass is 32.1. The fraction of sp³-hybridized carbons (Fsp3) is 0.455. The van der Waals surface area contributed by atoms with Crippen LogP contribution in [0.1, 0.15) is 18.8 Å². The van der Waals surface area contributed by atoms with Gasteiger partial charge in [-0.2, -0.15) is 4.98 Å². The van der Waals surface area contributed by atoms with Crippen LogP contribution in [0.15, 0.2) is 16.0 Å². The number of thiophene rings is 1. The lowest BCUT2D eigenvalue weighted by atomic mass is 10.3. The van der Waals surface area contributed by atoms with E-state index in [1.54, 1.807) is 7.11 Å². The van der Waals surface area contributed by atoms with Gasteiger partial charge in [0.15, 0.2) is 5.82 Å². The molecule has 0 spiro atoms. The zero-order chi connectivity index (χ0) is 13.0. The van der Waals surface area contributed by atoms with E-state index in [-0.39, 0.29) is 6.04 Å². The third kappa shape index (κ3) is 2.87. The average Bonchev–Trinajstić information content (AvgIpc) is 3.03. The van der Waals surface area contributed by atoms with E-state index in [0.717, 1.165) is 10.6 Å². The van der Waals surface area contributed by atoms with Gasteiger partial charge in [0.1, 0.15) is 5.75 Å². The molecule has 0 saturated heterocycles. The molecule has 0 bridgehead atoms. The van der Waals surface area contributed by atoms with Gasteiger partial charge in [-0.1, -0.05) is 5.16 Å². The van der Waals surface area contributed by atoms with Crippen molar-refractivity contribution in [3.8, 4) is 16.5 Å². The van der Waals surface area contributed by atoms with Crippen molar-refractivity contribution in [3.05, 3.63) is 17.3 Å². The van der Waals surface area contributed by atoms with E-state index in [2.05, 4.69) is 10.1 Å². The molecule has 1 unspecified atom stereocenters. The van der Waals surface area contributed by atoms with E-state index in [1.807, 2.05) is 18.4 Å². The molecular weight excluding hydrogens is 254 g/mol. The summed E-state index contributed by atoms with van der Waals surface area (Å²) in [6, 6.07) is 1.47. The first-order chi connectivity index (χ1) is 8.74. The quantitative estimate of drug-likeness (QED) is 0.861. The molecule has 2 heterocycles. The molecule has 0 saturated carbocycles. The van der Waals surface area contributed by atoms with E-state index in [9.17, 15) is 0 Å². The maximum absolute atomic E-state index is 5.87. The second-order valence-corrected chi connectivity index (χ2v) is 4.49. The first-order valence-corrected chi connectivity index (χ1v) is 6.42. The molecular formula is C11H15N3O3S. The van der Waals surface area contributed by atoms with Crippen molar-refractivity contribution < 1.29 is 14.0 Å². The van der Waals surface area contributed by atoms with Crippen LogP contribution in [0.4, 0.5) is 0 Å². The van der Waals surface area contributed by atoms with E-state index in [4.69, 9.17) is 19.7 Å². The maximum atomic E-state index is 5.87. The summed E-state index contributed by atoms with van der Waals surface area (Å²) in [5.41, 5.74) is 5.87. The minimum absolute atomic E-state index is 0.371. The number of hydrogen-bond acceptors (Lipinski definition) is 7. The standard InChI is InChI=1S/C11H15N3O3S/c1-3-16-5-8(12)10-13-11(17-14-10)9-4-7(15-2)6-18-9/h4,6,8H,3,5,12H2,1-2H3. The molecule has 0 radical (unpaired) electrons. The molecule has 6 nitrogen and oxygen atoms in total. The first-order valence-electron chi connectivity index (χ1n) is 5.54. The summed E-state index contributed by atoms with van der Waals surface area (Å²) in [5.74, 6) is 1.67. The number of nitrogens with two attached hydrogens (primary N) is 1.